The van der Waals surface area contributed by atoms with Gasteiger partial charge in [-0.1, -0.05) is 114 Å². The lowest BCUT2D eigenvalue weighted by Crippen LogP contribution is -2.39. The van der Waals surface area contributed by atoms with Gasteiger partial charge in [0.2, 0.25) is 7.28 Å². The summed E-state index contributed by atoms with van der Waals surface area (Å²) in [5, 5.41) is 3.29. The van der Waals surface area contributed by atoms with Gasteiger partial charge in [-0.3, -0.25) is 4.79 Å². The Morgan fingerprint density at radius 2 is 1.00 bits per heavy atom. The van der Waals surface area contributed by atoms with Crippen LogP contribution >= 0.6 is 0 Å². The van der Waals surface area contributed by atoms with Gasteiger partial charge in [0.25, 0.3) is 0 Å². The van der Waals surface area contributed by atoms with Gasteiger partial charge in [-0.05, 0) is 32.1 Å². The minimum absolute atomic E-state index is 0.0192. The first-order valence-electron chi connectivity index (χ1n) is 14.5. The Hall–Kier alpha value is -0.490. The van der Waals surface area contributed by atoms with Crippen LogP contribution in [-0.4, -0.2) is 40.1 Å². The van der Waals surface area contributed by atoms with E-state index < -0.39 is 9.87 Å². The molecule has 0 saturated heterocycles. The Labute approximate surface area is 211 Å². The third kappa shape index (κ3) is 11.5. The van der Waals surface area contributed by atoms with Crippen LogP contribution in [0.15, 0.2) is 0 Å². The first kappa shape index (κ1) is 28.1. The van der Waals surface area contributed by atoms with Crippen molar-refractivity contribution < 1.29 is 13.2 Å². The largest absolute Gasteiger partial charge is 0.363 e. The van der Waals surface area contributed by atoms with Crippen LogP contribution in [0.4, 0.5) is 4.79 Å². The lowest BCUT2D eigenvalue weighted by atomic mass is 9.59. The topological polar surface area (TPSA) is 75.3 Å². The predicted octanol–water partition coefficient (Wildman–Crippen LogP) is 6.49. The van der Waals surface area contributed by atoms with Crippen molar-refractivity contribution in [1.29, 1.82) is 0 Å². The molecular formula is C26H48B2N2O3S. The van der Waals surface area contributed by atoms with Gasteiger partial charge in [-0.2, -0.15) is 0 Å². The number of carbonyl (C=O) groups is 1. The van der Waals surface area contributed by atoms with Crippen molar-refractivity contribution in [2.45, 2.75) is 159 Å². The van der Waals surface area contributed by atoms with Gasteiger partial charge in [0.05, 0.1) is 0 Å². The van der Waals surface area contributed by atoms with Crippen molar-refractivity contribution in [3.63, 3.8) is 0 Å². The standard InChI is InChI=1S/C26H48B2N2O3S/c31-26(27-22-14-7-3-1-4-8-15-22)29-24-18-11-12-19-25(21-13-20-24)30-34(32,33)28-23-16-9-5-2-6-10-17-23/h22-25,30H,1-21H2,(H,29,31). The monoisotopic (exact) mass is 490 g/mol. The zero-order valence-corrected chi connectivity index (χ0v) is 22.3. The molecular weight excluding hydrogens is 442 g/mol. The summed E-state index contributed by atoms with van der Waals surface area (Å²) in [6.07, 6.45) is 23.5. The van der Waals surface area contributed by atoms with Crippen LogP contribution in [0.3, 0.4) is 0 Å². The summed E-state index contributed by atoms with van der Waals surface area (Å²) in [6.45, 7) is 1.62. The van der Waals surface area contributed by atoms with Crippen molar-refractivity contribution in [1.82, 2.24) is 10.0 Å². The number of carbonyl (C=O) groups excluding carboxylic acids is 1. The van der Waals surface area contributed by atoms with Crippen LogP contribution in [0.5, 0.6) is 0 Å². The van der Waals surface area contributed by atoms with Crippen LogP contribution in [0, 0.1) is 0 Å². The van der Waals surface area contributed by atoms with Crippen molar-refractivity contribution in [2.24, 2.45) is 0 Å². The molecule has 3 saturated carbocycles. The summed E-state index contributed by atoms with van der Waals surface area (Å²) in [4.78, 5) is 12.7. The highest BCUT2D eigenvalue weighted by Crippen LogP contribution is 2.28. The summed E-state index contributed by atoms with van der Waals surface area (Å²) in [7, 11) is -1.39. The second-order valence-corrected chi connectivity index (χ2v) is 12.9. The minimum Gasteiger partial charge on any atom is -0.363 e. The summed E-state index contributed by atoms with van der Waals surface area (Å²) in [5.74, 6) is 0.744. The van der Waals surface area contributed by atoms with Crippen LogP contribution in [-0.2, 0) is 9.87 Å². The van der Waals surface area contributed by atoms with E-state index in [9.17, 15) is 13.2 Å². The molecule has 0 aromatic rings. The molecule has 2 radical (unpaired) electrons. The fraction of sp³-hybridized carbons (Fsp3) is 0.962. The molecule has 3 aliphatic rings. The van der Waals surface area contributed by atoms with E-state index in [-0.39, 0.29) is 23.7 Å². The Balaban J connectivity index is 1.40. The maximum atomic E-state index is 12.9. The van der Waals surface area contributed by atoms with Gasteiger partial charge < -0.3 is 5.32 Å². The van der Waals surface area contributed by atoms with Crippen molar-refractivity contribution >= 4 is 29.5 Å². The highest BCUT2D eigenvalue weighted by atomic mass is 32.2. The van der Waals surface area contributed by atoms with Gasteiger partial charge in [0, 0.05) is 12.1 Å². The molecule has 0 aromatic heterocycles. The van der Waals surface area contributed by atoms with E-state index >= 15 is 0 Å². The Bertz CT molecular complexity index is 676. The molecule has 0 spiro atoms. The molecule has 0 aliphatic heterocycles. The highest BCUT2D eigenvalue weighted by Gasteiger charge is 2.26. The fourth-order valence-electron chi connectivity index (χ4n) is 6.21. The lowest BCUT2D eigenvalue weighted by Gasteiger charge is -2.22. The average Bonchev–Trinajstić information content (AvgIpc) is 2.84. The van der Waals surface area contributed by atoms with Gasteiger partial charge >= 0.3 is 6.56 Å². The van der Waals surface area contributed by atoms with Crippen LogP contribution in [0.2, 0.25) is 11.6 Å². The summed E-state index contributed by atoms with van der Waals surface area (Å²) >= 11 is 0. The maximum absolute atomic E-state index is 12.9. The normalized spacial score (nSPS) is 27.5. The minimum atomic E-state index is -3.35. The van der Waals surface area contributed by atoms with Gasteiger partial charge in [0.1, 0.15) is 0 Å². The number of nitrogens with one attached hydrogen (secondary N) is 2. The maximum Gasteiger partial charge on any atom is 0.303 e. The summed E-state index contributed by atoms with van der Waals surface area (Å²) in [5.41, 5.74) is 0. The first-order chi connectivity index (χ1) is 16.5. The first-order valence-corrected chi connectivity index (χ1v) is 16.1. The molecule has 3 rings (SSSR count). The molecule has 3 fully saturated rings. The molecule has 2 atom stereocenters. The van der Waals surface area contributed by atoms with Crippen molar-refractivity contribution in [2.75, 3.05) is 0 Å². The zero-order valence-electron chi connectivity index (χ0n) is 21.4. The Kier molecular flexibility index (Phi) is 12.9. The molecule has 3 aliphatic carbocycles. The van der Waals surface area contributed by atoms with E-state index in [1.165, 1.54) is 51.4 Å². The number of hydrogen-bond acceptors (Lipinski definition) is 3. The smallest absolute Gasteiger partial charge is 0.303 e. The fourth-order valence-corrected chi connectivity index (χ4v) is 7.77. The van der Waals surface area contributed by atoms with Gasteiger partial charge in [0.15, 0.2) is 15.7 Å². The molecule has 2 N–H and O–H groups in total. The molecule has 34 heavy (non-hydrogen) atoms. The van der Waals surface area contributed by atoms with E-state index in [0.29, 0.717) is 5.82 Å². The Morgan fingerprint density at radius 1 is 0.559 bits per heavy atom. The predicted molar refractivity (Wildman–Crippen MR) is 144 cm³/mol. The zero-order chi connectivity index (χ0) is 24.1. The van der Waals surface area contributed by atoms with Crippen molar-refractivity contribution in [3.05, 3.63) is 0 Å². The summed E-state index contributed by atoms with van der Waals surface area (Å²) < 4.78 is 28.8. The quantitative estimate of drug-likeness (QED) is 0.401. The number of rotatable bonds is 7. The molecule has 1 amide bonds. The van der Waals surface area contributed by atoms with Crippen LogP contribution in [0.1, 0.15) is 135 Å². The third-order valence-electron chi connectivity index (χ3n) is 8.20. The van der Waals surface area contributed by atoms with E-state index in [1.54, 1.807) is 6.56 Å². The van der Waals surface area contributed by atoms with Crippen LogP contribution < -0.4 is 10.0 Å². The molecule has 0 heterocycles. The SMILES string of the molecule is O=C([B]C1CCCCCCC1)NC1CCCCC(NS(=O)(=O)[B]C2CCCCCCC2)CCC1. The highest BCUT2D eigenvalue weighted by molar-refractivity contribution is 8.13. The second kappa shape index (κ2) is 15.6. The van der Waals surface area contributed by atoms with E-state index in [4.69, 9.17) is 0 Å². The Morgan fingerprint density at radius 3 is 1.62 bits per heavy atom. The van der Waals surface area contributed by atoms with Gasteiger partial charge in [-0.15, -0.1) is 0 Å². The third-order valence-corrected chi connectivity index (χ3v) is 9.60. The molecule has 2 unspecified atom stereocenters. The lowest BCUT2D eigenvalue weighted by molar-refractivity contribution is 0.253. The number of hydrogen-bond donors (Lipinski definition) is 2. The molecule has 5 nitrogen and oxygen atoms in total. The van der Waals surface area contributed by atoms with Gasteiger partial charge in [-0.25, -0.2) is 13.1 Å². The molecule has 0 aromatic carbocycles. The van der Waals surface area contributed by atoms with Crippen molar-refractivity contribution in [3.8, 4) is 0 Å². The van der Waals surface area contributed by atoms with E-state index in [0.717, 1.165) is 83.5 Å². The average molecular weight is 490 g/mol. The molecule has 0 bridgehead atoms. The number of amides is 1. The van der Waals surface area contributed by atoms with Crippen LogP contribution in [0.25, 0.3) is 0 Å². The van der Waals surface area contributed by atoms with E-state index in [1.807, 2.05) is 7.28 Å². The molecule has 8 heteroatoms. The van der Waals surface area contributed by atoms with E-state index in [2.05, 4.69) is 10.0 Å². The summed E-state index contributed by atoms with van der Waals surface area (Å²) in [6, 6.07) is 0.236. The molecule has 192 valence electrons. The second-order valence-electron chi connectivity index (χ2n) is 11.3.